The van der Waals surface area contributed by atoms with Crippen LogP contribution in [0.5, 0.6) is 5.75 Å². The molecule has 1 spiro atoms. The number of carbonyl (C=O) groups excluding carboxylic acids is 2. The predicted octanol–water partition coefficient (Wildman–Crippen LogP) is -2.26. The molecule has 216 valence electrons. The van der Waals surface area contributed by atoms with Gasteiger partial charge in [-0.1, -0.05) is 26.0 Å². The largest absolute Gasteiger partial charge is 0.492 e. The van der Waals surface area contributed by atoms with E-state index in [0.717, 1.165) is 12.0 Å². The van der Waals surface area contributed by atoms with Crippen molar-refractivity contribution in [2.75, 3.05) is 19.7 Å². The summed E-state index contributed by atoms with van der Waals surface area (Å²) in [6.07, 6.45) is 3.49. The first-order chi connectivity index (χ1) is 19.5. The molecule has 9 N–H and O–H groups in total. The summed E-state index contributed by atoms with van der Waals surface area (Å²) < 4.78 is 5.89. The molecular formula is C26H32N10O5. The molecule has 1 fully saturated rings. The number of aliphatic imine (C=N–C) groups is 2. The highest BCUT2D eigenvalue weighted by molar-refractivity contribution is 5.98. The van der Waals surface area contributed by atoms with Crippen molar-refractivity contribution in [3.8, 4) is 5.75 Å². The summed E-state index contributed by atoms with van der Waals surface area (Å²) in [6.45, 7) is 4.46. The summed E-state index contributed by atoms with van der Waals surface area (Å²) in [6, 6.07) is 3.76. The number of para-hydroxylation sites is 1. The van der Waals surface area contributed by atoms with Crippen LogP contribution in [0.3, 0.4) is 0 Å². The van der Waals surface area contributed by atoms with E-state index in [-0.39, 0.29) is 41.7 Å². The molecule has 4 aliphatic rings. The SMILES string of the molecule is CC1(C)CCOc2c(C(=O)NC3CN4C(N)=N[C@@H](CNC(=O)c5ccncn5)C5N=C(N)NC54C3(O)O)cccc21. The van der Waals surface area contributed by atoms with Crippen molar-refractivity contribution in [3.05, 3.63) is 53.6 Å². The maximum Gasteiger partial charge on any atom is 0.270 e. The van der Waals surface area contributed by atoms with Crippen LogP contribution in [-0.4, -0.2) is 98.1 Å². The Hall–Kier alpha value is -4.50. The van der Waals surface area contributed by atoms with Crippen molar-refractivity contribution in [2.24, 2.45) is 21.5 Å². The van der Waals surface area contributed by atoms with Gasteiger partial charge in [-0.15, -0.1) is 0 Å². The Morgan fingerprint density at radius 2 is 2.00 bits per heavy atom. The van der Waals surface area contributed by atoms with Gasteiger partial charge in [-0.2, -0.15) is 0 Å². The van der Waals surface area contributed by atoms with Crippen LogP contribution in [0.25, 0.3) is 0 Å². The summed E-state index contributed by atoms with van der Waals surface area (Å²) in [5, 5.41) is 31.8. The van der Waals surface area contributed by atoms with E-state index in [1.54, 1.807) is 12.1 Å². The van der Waals surface area contributed by atoms with Crippen LogP contribution in [-0.2, 0) is 5.41 Å². The van der Waals surface area contributed by atoms with Crippen LogP contribution in [0, 0.1) is 0 Å². The van der Waals surface area contributed by atoms with Gasteiger partial charge in [0.2, 0.25) is 5.79 Å². The number of rotatable bonds is 5. The van der Waals surface area contributed by atoms with Gasteiger partial charge in [0.15, 0.2) is 17.6 Å². The molecule has 4 atom stereocenters. The molecule has 15 nitrogen and oxygen atoms in total. The topological polar surface area (TPSA) is 226 Å². The summed E-state index contributed by atoms with van der Waals surface area (Å²) in [7, 11) is 0. The summed E-state index contributed by atoms with van der Waals surface area (Å²) >= 11 is 0. The van der Waals surface area contributed by atoms with E-state index < -0.39 is 41.4 Å². The molecule has 0 saturated carbocycles. The Morgan fingerprint density at radius 1 is 1.20 bits per heavy atom. The molecule has 2 amide bonds. The highest BCUT2D eigenvalue weighted by Crippen LogP contribution is 2.45. The van der Waals surface area contributed by atoms with Gasteiger partial charge in [0.05, 0.1) is 18.2 Å². The molecule has 2 aromatic rings. The van der Waals surface area contributed by atoms with Crippen LogP contribution in [0.2, 0.25) is 0 Å². The minimum atomic E-state index is -2.62. The fourth-order valence-corrected chi connectivity index (χ4v) is 6.15. The third kappa shape index (κ3) is 4.02. The van der Waals surface area contributed by atoms with E-state index in [4.69, 9.17) is 16.2 Å². The van der Waals surface area contributed by atoms with E-state index in [2.05, 4.69) is 49.8 Å². The van der Waals surface area contributed by atoms with Crippen LogP contribution < -0.4 is 32.2 Å². The zero-order valence-electron chi connectivity index (χ0n) is 22.5. The Labute approximate surface area is 235 Å². The number of carbonyl (C=O) groups is 2. The molecule has 1 aromatic heterocycles. The highest BCUT2D eigenvalue weighted by atomic mass is 16.5. The first kappa shape index (κ1) is 26.7. The number of amides is 2. The smallest absolute Gasteiger partial charge is 0.270 e. The number of aromatic nitrogens is 2. The molecule has 0 aliphatic carbocycles. The number of aliphatic hydroxyl groups is 2. The Bertz CT molecular complexity index is 1460. The summed E-state index contributed by atoms with van der Waals surface area (Å²) in [5.74, 6) is -3.27. The quantitative estimate of drug-likeness (QED) is 0.192. The summed E-state index contributed by atoms with van der Waals surface area (Å²) in [5.41, 5.74) is 11.8. The zero-order chi connectivity index (χ0) is 29.2. The van der Waals surface area contributed by atoms with Gasteiger partial charge in [-0.05, 0) is 24.0 Å². The van der Waals surface area contributed by atoms with Crippen molar-refractivity contribution in [2.45, 2.75) is 55.3 Å². The minimum Gasteiger partial charge on any atom is -0.492 e. The molecule has 0 radical (unpaired) electrons. The number of guanidine groups is 2. The normalized spacial score (nSPS) is 28.6. The molecule has 6 rings (SSSR count). The van der Waals surface area contributed by atoms with E-state index in [1.165, 1.54) is 23.5 Å². The van der Waals surface area contributed by atoms with Crippen LogP contribution >= 0.6 is 0 Å². The van der Waals surface area contributed by atoms with E-state index in [1.807, 2.05) is 6.07 Å². The summed E-state index contributed by atoms with van der Waals surface area (Å²) in [4.78, 5) is 44.2. The number of nitrogens with one attached hydrogen (secondary N) is 3. The van der Waals surface area contributed by atoms with Gasteiger partial charge in [0.25, 0.3) is 11.8 Å². The predicted molar refractivity (Wildman–Crippen MR) is 146 cm³/mol. The number of hydrogen-bond donors (Lipinski definition) is 7. The average Bonchev–Trinajstić information content (AvgIpc) is 3.41. The first-order valence-corrected chi connectivity index (χ1v) is 13.2. The van der Waals surface area contributed by atoms with Crippen LogP contribution in [0.15, 0.2) is 46.8 Å². The lowest BCUT2D eigenvalue weighted by Crippen LogP contribution is -2.78. The third-order valence-electron chi connectivity index (χ3n) is 8.36. The van der Waals surface area contributed by atoms with Gasteiger partial charge >= 0.3 is 0 Å². The molecule has 3 unspecified atom stereocenters. The second-order valence-corrected chi connectivity index (χ2v) is 11.2. The molecule has 5 heterocycles. The molecule has 1 aromatic carbocycles. The zero-order valence-corrected chi connectivity index (χ0v) is 22.5. The highest BCUT2D eigenvalue weighted by Gasteiger charge is 2.73. The maximum absolute atomic E-state index is 13.6. The average molecular weight is 565 g/mol. The number of nitrogens with two attached hydrogens (primary N) is 2. The maximum atomic E-state index is 13.6. The van der Waals surface area contributed by atoms with Crippen molar-refractivity contribution in [3.63, 3.8) is 0 Å². The lowest BCUT2D eigenvalue weighted by molar-refractivity contribution is -0.230. The molecule has 1 saturated heterocycles. The fourth-order valence-electron chi connectivity index (χ4n) is 6.15. The van der Waals surface area contributed by atoms with Gasteiger partial charge in [-0.25, -0.2) is 20.0 Å². The number of benzene rings is 1. The molecule has 4 aliphatic heterocycles. The van der Waals surface area contributed by atoms with Crippen molar-refractivity contribution in [1.82, 2.24) is 30.8 Å². The van der Waals surface area contributed by atoms with E-state index in [9.17, 15) is 19.8 Å². The van der Waals surface area contributed by atoms with Gasteiger partial charge < -0.3 is 47.3 Å². The van der Waals surface area contributed by atoms with Gasteiger partial charge in [0, 0.05) is 24.8 Å². The Morgan fingerprint density at radius 3 is 2.76 bits per heavy atom. The van der Waals surface area contributed by atoms with Crippen LogP contribution in [0.4, 0.5) is 0 Å². The second kappa shape index (κ2) is 9.27. The van der Waals surface area contributed by atoms with Gasteiger partial charge in [0.1, 0.15) is 29.9 Å². The Kier molecular flexibility index (Phi) is 6.04. The molecule has 0 bridgehead atoms. The van der Waals surface area contributed by atoms with Crippen molar-refractivity contribution >= 4 is 23.7 Å². The Balaban J connectivity index is 1.27. The second-order valence-electron chi connectivity index (χ2n) is 11.2. The van der Waals surface area contributed by atoms with E-state index >= 15 is 0 Å². The standard InChI is InChI=1S/C26H32N10O5/c1-24(2)7-9-41-18-13(4-3-5-14(18)24)20(37)33-17-11-36-23(28)32-16(10-30-21(38)15-6-8-29-12-31-15)19-25(36,26(17,39)40)35-22(27)34-19/h3-6,8,12,16-17,19,39-40H,7,9-11H2,1-2H3,(H2,28,32)(H,30,38)(H,33,37)(H3,27,34,35)/t16-,17?,19?,25?/m0/s1. The third-order valence-corrected chi connectivity index (χ3v) is 8.36. The monoisotopic (exact) mass is 564 g/mol. The van der Waals surface area contributed by atoms with Crippen LogP contribution in [0.1, 0.15) is 46.7 Å². The number of fused-ring (bicyclic) bond motifs is 1. The number of nitrogens with zero attached hydrogens (tertiary/aromatic N) is 5. The van der Waals surface area contributed by atoms with Crippen molar-refractivity contribution in [1.29, 1.82) is 0 Å². The van der Waals surface area contributed by atoms with Crippen molar-refractivity contribution < 1.29 is 24.5 Å². The van der Waals surface area contributed by atoms with Gasteiger partial charge in [-0.3, -0.25) is 9.59 Å². The lowest BCUT2D eigenvalue weighted by atomic mass is 9.79. The molecule has 41 heavy (non-hydrogen) atoms. The molecule has 15 heteroatoms. The first-order valence-electron chi connectivity index (χ1n) is 13.2. The fraction of sp³-hybridized carbons (Fsp3) is 0.462. The van der Waals surface area contributed by atoms with E-state index in [0.29, 0.717) is 12.4 Å². The molecular weight excluding hydrogens is 532 g/mol. The lowest BCUT2D eigenvalue weighted by Gasteiger charge is -2.49. The minimum absolute atomic E-state index is 0.0358. The number of hydrogen-bond acceptors (Lipinski definition) is 13. The number of ether oxygens (including phenoxy) is 1.